The number of benzene rings is 2. The molecule has 0 heterocycles. The first-order valence-corrected chi connectivity index (χ1v) is 11.5. The van der Waals surface area contributed by atoms with E-state index in [0.29, 0.717) is 0 Å². The van der Waals surface area contributed by atoms with Gasteiger partial charge < -0.3 is 9.64 Å². The summed E-state index contributed by atoms with van der Waals surface area (Å²) < 4.78 is 7.08. The van der Waals surface area contributed by atoms with Gasteiger partial charge in [0.1, 0.15) is 5.75 Å². The molecular formula is C23H30BrNOS. The van der Waals surface area contributed by atoms with Gasteiger partial charge in [-0.25, -0.2) is 0 Å². The average Bonchev–Trinajstić information content (AvgIpc) is 2.67. The second kappa shape index (κ2) is 12.3. The molecule has 0 aliphatic carbocycles. The van der Waals surface area contributed by atoms with Crippen LogP contribution in [0.25, 0.3) is 11.1 Å². The topological polar surface area (TPSA) is 12.5 Å². The van der Waals surface area contributed by atoms with E-state index < -0.39 is 0 Å². The van der Waals surface area contributed by atoms with Crippen molar-refractivity contribution in [3.8, 4) is 16.9 Å². The number of halogens is 1. The molecule has 4 heteroatoms. The SMILES string of the molecule is C=CCN(C)CCCCCCOc1ccc(-c2cccc(Br)c2)c(SC)c1. The van der Waals surface area contributed by atoms with Crippen LogP contribution in [0.15, 0.2) is 64.5 Å². The minimum atomic E-state index is 0.784. The zero-order valence-electron chi connectivity index (χ0n) is 16.4. The first-order chi connectivity index (χ1) is 13.1. The number of hydrogen-bond acceptors (Lipinski definition) is 3. The molecule has 0 N–H and O–H groups in total. The smallest absolute Gasteiger partial charge is 0.120 e. The second-order valence-electron chi connectivity index (χ2n) is 6.69. The van der Waals surface area contributed by atoms with Gasteiger partial charge in [0.2, 0.25) is 0 Å². The second-order valence-corrected chi connectivity index (χ2v) is 8.45. The summed E-state index contributed by atoms with van der Waals surface area (Å²) in [4.78, 5) is 3.55. The lowest BCUT2D eigenvalue weighted by molar-refractivity contribution is 0.300. The molecule has 2 rings (SSSR count). The molecule has 2 aromatic rings. The summed E-state index contributed by atoms with van der Waals surface area (Å²) >= 11 is 5.32. The molecule has 0 atom stereocenters. The van der Waals surface area contributed by atoms with Gasteiger partial charge in [0, 0.05) is 15.9 Å². The fourth-order valence-corrected chi connectivity index (χ4v) is 4.03. The van der Waals surface area contributed by atoms with Crippen LogP contribution in [0.2, 0.25) is 0 Å². The van der Waals surface area contributed by atoms with E-state index in [-0.39, 0.29) is 0 Å². The largest absolute Gasteiger partial charge is 0.494 e. The number of likely N-dealkylation sites (N-methyl/N-ethyl adjacent to an activating group) is 1. The quantitative estimate of drug-likeness (QED) is 0.199. The average molecular weight is 448 g/mol. The van der Waals surface area contributed by atoms with Gasteiger partial charge in [0.15, 0.2) is 0 Å². The lowest BCUT2D eigenvalue weighted by atomic mass is 10.1. The van der Waals surface area contributed by atoms with Gasteiger partial charge in [-0.15, -0.1) is 18.3 Å². The molecule has 146 valence electrons. The maximum atomic E-state index is 5.98. The number of rotatable bonds is 12. The lowest BCUT2D eigenvalue weighted by Gasteiger charge is -2.14. The minimum absolute atomic E-state index is 0.784. The molecule has 0 saturated carbocycles. The van der Waals surface area contributed by atoms with Gasteiger partial charge in [-0.3, -0.25) is 0 Å². The summed E-state index contributed by atoms with van der Waals surface area (Å²) in [7, 11) is 2.14. The predicted octanol–water partition coefficient (Wildman–Crippen LogP) is 6.90. The predicted molar refractivity (Wildman–Crippen MR) is 123 cm³/mol. The van der Waals surface area contributed by atoms with Crippen molar-refractivity contribution in [2.75, 3.05) is 33.0 Å². The van der Waals surface area contributed by atoms with Crippen molar-refractivity contribution in [2.45, 2.75) is 30.6 Å². The highest BCUT2D eigenvalue weighted by Gasteiger charge is 2.07. The summed E-state index contributed by atoms with van der Waals surface area (Å²) in [6.07, 6.45) is 8.88. The van der Waals surface area contributed by atoms with Gasteiger partial charge in [-0.2, -0.15) is 0 Å². The van der Waals surface area contributed by atoms with E-state index in [1.165, 1.54) is 35.3 Å². The first kappa shape index (κ1) is 22.1. The number of unbranched alkanes of at least 4 members (excludes halogenated alkanes) is 3. The molecule has 0 spiro atoms. The Bertz CT molecular complexity index is 719. The number of hydrogen-bond donors (Lipinski definition) is 0. The number of thioether (sulfide) groups is 1. The van der Waals surface area contributed by atoms with E-state index in [4.69, 9.17) is 4.74 Å². The van der Waals surface area contributed by atoms with E-state index in [1.54, 1.807) is 11.8 Å². The van der Waals surface area contributed by atoms with Crippen LogP contribution >= 0.6 is 27.7 Å². The Kier molecular flexibility index (Phi) is 10.0. The molecule has 27 heavy (non-hydrogen) atoms. The third-order valence-electron chi connectivity index (χ3n) is 4.45. The third kappa shape index (κ3) is 7.73. The highest BCUT2D eigenvalue weighted by molar-refractivity contribution is 9.10. The lowest BCUT2D eigenvalue weighted by Crippen LogP contribution is -2.19. The van der Waals surface area contributed by atoms with E-state index in [9.17, 15) is 0 Å². The monoisotopic (exact) mass is 447 g/mol. The zero-order chi connectivity index (χ0) is 19.5. The van der Waals surface area contributed by atoms with E-state index in [1.807, 2.05) is 6.08 Å². The molecule has 0 saturated heterocycles. The fourth-order valence-electron chi connectivity index (χ4n) is 2.99. The molecule has 0 radical (unpaired) electrons. The van der Waals surface area contributed by atoms with Crippen molar-refractivity contribution in [3.63, 3.8) is 0 Å². The van der Waals surface area contributed by atoms with E-state index in [0.717, 1.165) is 36.3 Å². The normalized spacial score (nSPS) is 11.0. The Hall–Kier alpha value is -1.23. The summed E-state index contributed by atoms with van der Waals surface area (Å²) in [5.41, 5.74) is 2.47. The molecule has 0 bridgehead atoms. The summed E-state index contributed by atoms with van der Waals surface area (Å²) in [5, 5.41) is 0. The maximum absolute atomic E-state index is 5.98. The number of ether oxygens (including phenoxy) is 1. The van der Waals surface area contributed by atoms with Crippen molar-refractivity contribution >= 4 is 27.7 Å². The molecular weight excluding hydrogens is 418 g/mol. The third-order valence-corrected chi connectivity index (χ3v) is 5.72. The van der Waals surface area contributed by atoms with Crippen LogP contribution in [0.1, 0.15) is 25.7 Å². The summed E-state index contributed by atoms with van der Waals surface area (Å²) in [6.45, 7) is 6.67. The van der Waals surface area contributed by atoms with Gasteiger partial charge in [-0.05, 0) is 74.1 Å². The van der Waals surface area contributed by atoms with Crippen LogP contribution in [0.4, 0.5) is 0 Å². The van der Waals surface area contributed by atoms with Crippen molar-refractivity contribution in [1.82, 2.24) is 4.90 Å². The highest BCUT2D eigenvalue weighted by atomic mass is 79.9. The van der Waals surface area contributed by atoms with E-state index in [2.05, 4.69) is 83.2 Å². The van der Waals surface area contributed by atoms with Crippen LogP contribution in [-0.2, 0) is 0 Å². The highest BCUT2D eigenvalue weighted by Crippen LogP contribution is 2.34. The molecule has 0 fully saturated rings. The Morgan fingerprint density at radius 2 is 1.93 bits per heavy atom. The van der Waals surface area contributed by atoms with Crippen molar-refractivity contribution in [1.29, 1.82) is 0 Å². The van der Waals surface area contributed by atoms with Gasteiger partial charge in [0.05, 0.1) is 6.61 Å². The molecule has 0 amide bonds. The molecule has 2 aromatic carbocycles. The van der Waals surface area contributed by atoms with Crippen molar-refractivity contribution < 1.29 is 4.74 Å². The minimum Gasteiger partial charge on any atom is -0.494 e. The molecule has 0 aromatic heterocycles. The molecule has 0 unspecified atom stereocenters. The Morgan fingerprint density at radius 3 is 2.67 bits per heavy atom. The standard InChI is InChI=1S/C23H30BrNOS/c1-4-14-25(2)15-7-5-6-8-16-26-21-12-13-22(23(18-21)27-3)19-10-9-11-20(24)17-19/h4,9-13,17-18H,1,5-8,14-16H2,2-3H3. The van der Waals surface area contributed by atoms with Gasteiger partial charge in [-0.1, -0.05) is 47.0 Å². The summed E-state index contributed by atoms with van der Waals surface area (Å²) in [6, 6.07) is 14.8. The fraction of sp³-hybridized carbons (Fsp3) is 0.391. The van der Waals surface area contributed by atoms with Gasteiger partial charge in [0.25, 0.3) is 0 Å². The van der Waals surface area contributed by atoms with Crippen LogP contribution < -0.4 is 4.74 Å². The Labute approximate surface area is 177 Å². The Balaban J connectivity index is 1.78. The molecule has 0 aliphatic rings. The van der Waals surface area contributed by atoms with Crippen molar-refractivity contribution in [3.05, 3.63) is 59.6 Å². The van der Waals surface area contributed by atoms with Gasteiger partial charge >= 0.3 is 0 Å². The first-order valence-electron chi connectivity index (χ1n) is 9.50. The summed E-state index contributed by atoms with van der Waals surface area (Å²) in [5.74, 6) is 0.962. The number of nitrogens with zero attached hydrogens (tertiary/aromatic N) is 1. The molecule has 2 nitrogen and oxygen atoms in total. The van der Waals surface area contributed by atoms with Crippen LogP contribution in [0, 0.1) is 0 Å². The van der Waals surface area contributed by atoms with Crippen molar-refractivity contribution in [2.24, 2.45) is 0 Å². The van der Waals surface area contributed by atoms with E-state index >= 15 is 0 Å². The Morgan fingerprint density at radius 1 is 1.11 bits per heavy atom. The zero-order valence-corrected chi connectivity index (χ0v) is 18.8. The molecule has 0 aliphatic heterocycles. The van der Waals surface area contributed by atoms with Crippen LogP contribution in [0.3, 0.4) is 0 Å². The van der Waals surface area contributed by atoms with Crippen LogP contribution in [-0.4, -0.2) is 37.9 Å². The maximum Gasteiger partial charge on any atom is 0.120 e. The van der Waals surface area contributed by atoms with Crippen LogP contribution in [0.5, 0.6) is 5.75 Å².